The second-order valence-corrected chi connectivity index (χ2v) is 8.91. The number of fused-ring (bicyclic) bond motifs is 1. The Bertz CT molecular complexity index is 1150. The Labute approximate surface area is 187 Å². The largest absolute Gasteiger partial charge is 0.495 e. The number of methoxy groups -OCH3 is 1. The summed E-state index contributed by atoms with van der Waals surface area (Å²) in [5.74, 6) is 0.655. The molecule has 1 aliphatic heterocycles. The number of anilines is 2. The molecule has 30 heavy (non-hydrogen) atoms. The summed E-state index contributed by atoms with van der Waals surface area (Å²) < 4.78 is 34.5. The van der Waals surface area contributed by atoms with E-state index in [4.69, 9.17) is 16.3 Å². The molecule has 0 aromatic heterocycles. The lowest BCUT2D eigenvalue weighted by molar-refractivity contribution is 0.412. The van der Waals surface area contributed by atoms with E-state index in [2.05, 4.69) is 14.9 Å². The highest BCUT2D eigenvalue weighted by Gasteiger charge is 2.21. The Balaban J connectivity index is 0.00000256. The predicted molar refractivity (Wildman–Crippen MR) is 125 cm³/mol. The van der Waals surface area contributed by atoms with E-state index in [1.807, 2.05) is 24.3 Å². The molecule has 0 aliphatic carbocycles. The number of sulfonamides is 1. The first-order chi connectivity index (χ1) is 14.0. The smallest absolute Gasteiger partial charge is 0.261 e. The van der Waals surface area contributed by atoms with E-state index in [0.717, 1.165) is 42.6 Å². The van der Waals surface area contributed by atoms with Gasteiger partial charge in [-0.05, 0) is 30.3 Å². The standard InChI is InChI=1S/C21H22ClN3O3S.ClH/c1-28-21-9-6-15(14-20(21)25-12-10-23-11-13-25)29(26,27)24-19-8-7-18(22)16-4-2-3-5-17(16)19;/h2-9,14,23-24H,10-13H2,1H3;1H. The molecule has 0 bridgehead atoms. The quantitative estimate of drug-likeness (QED) is 0.589. The molecule has 1 fully saturated rings. The van der Waals surface area contributed by atoms with Crippen molar-refractivity contribution in [2.24, 2.45) is 0 Å². The van der Waals surface area contributed by atoms with E-state index in [0.29, 0.717) is 16.5 Å². The van der Waals surface area contributed by atoms with Crippen molar-refractivity contribution >= 4 is 56.2 Å². The summed E-state index contributed by atoms with van der Waals surface area (Å²) in [5.41, 5.74) is 1.27. The van der Waals surface area contributed by atoms with Crippen LogP contribution < -0.4 is 19.7 Å². The van der Waals surface area contributed by atoms with Gasteiger partial charge in [-0.15, -0.1) is 12.4 Å². The molecule has 0 saturated carbocycles. The zero-order valence-corrected chi connectivity index (χ0v) is 18.8. The zero-order valence-electron chi connectivity index (χ0n) is 16.4. The van der Waals surface area contributed by atoms with Crippen LogP contribution in [0, 0.1) is 0 Å². The maximum atomic E-state index is 13.1. The van der Waals surface area contributed by atoms with Gasteiger partial charge in [0.15, 0.2) is 0 Å². The van der Waals surface area contributed by atoms with Gasteiger partial charge in [-0.25, -0.2) is 8.42 Å². The first kappa shape index (κ1) is 22.5. The Morgan fingerprint density at radius 1 is 1.03 bits per heavy atom. The van der Waals surface area contributed by atoms with Crippen molar-refractivity contribution in [3.05, 3.63) is 59.6 Å². The second kappa shape index (κ2) is 9.31. The second-order valence-electron chi connectivity index (χ2n) is 6.82. The average Bonchev–Trinajstić information content (AvgIpc) is 2.76. The number of hydrogen-bond acceptors (Lipinski definition) is 5. The lowest BCUT2D eigenvalue weighted by Crippen LogP contribution is -2.43. The van der Waals surface area contributed by atoms with Gasteiger partial charge in [0.25, 0.3) is 10.0 Å². The fourth-order valence-electron chi connectivity index (χ4n) is 3.54. The molecule has 0 atom stereocenters. The number of benzene rings is 3. The minimum Gasteiger partial charge on any atom is -0.495 e. The van der Waals surface area contributed by atoms with Crippen LogP contribution >= 0.6 is 24.0 Å². The summed E-state index contributed by atoms with van der Waals surface area (Å²) >= 11 is 6.26. The predicted octanol–water partition coefficient (Wildman–Crippen LogP) is 4.13. The summed E-state index contributed by atoms with van der Waals surface area (Å²) in [4.78, 5) is 2.32. The van der Waals surface area contributed by atoms with Crippen LogP contribution in [0.1, 0.15) is 0 Å². The number of rotatable bonds is 5. The van der Waals surface area contributed by atoms with Crippen LogP contribution in [0.4, 0.5) is 11.4 Å². The Morgan fingerprint density at radius 2 is 1.73 bits per heavy atom. The third-order valence-electron chi connectivity index (χ3n) is 5.03. The van der Waals surface area contributed by atoms with Gasteiger partial charge in [0.05, 0.1) is 23.4 Å². The molecule has 0 unspecified atom stereocenters. The highest BCUT2D eigenvalue weighted by molar-refractivity contribution is 7.92. The van der Waals surface area contributed by atoms with Gasteiger partial charge >= 0.3 is 0 Å². The Morgan fingerprint density at radius 3 is 2.43 bits per heavy atom. The molecule has 1 saturated heterocycles. The summed E-state index contributed by atoms with van der Waals surface area (Å²) in [7, 11) is -2.20. The number of halogens is 2. The Hall–Kier alpha value is -2.19. The third kappa shape index (κ3) is 4.44. The van der Waals surface area contributed by atoms with E-state index >= 15 is 0 Å². The van der Waals surface area contributed by atoms with Crippen molar-refractivity contribution in [2.45, 2.75) is 4.90 Å². The van der Waals surface area contributed by atoms with Crippen molar-refractivity contribution < 1.29 is 13.2 Å². The molecule has 1 aliphatic rings. The van der Waals surface area contributed by atoms with E-state index in [1.165, 1.54) is 0 Å². The van der Waals surface area contributed by atoms with Crippen LogP contribution in [0.15, 0.2) is 59.5 Å². The minimum absolute atomic E-state index is 0. The van der Waals surface area contributed by atoms with E-state index in [1.54, 1.807) is 37.4 Å². The maximum Gasteiger partial charge on any atom is 0.261 e. The maximum absolute atomic E-state index is 13.1. The average molecular weight is 468 g/mol. The Kier molecular flexibility index (Phi) is 6.98. The van der Waals surface area contributed by atoms with Crippen LogP contribution in [0.5, 0.6) is 5.75 Å². The van der Waals surface area contributed by atoms with Gasteiger partial charge in [0.2, 0.25) is 0 Å². The number of hydrogen-bond donors (Lipinski definition) is 2. The van der Waals surface area contributed by atoms with Crippen LogP contribution in [0.25, 0.3) is 10.8 Å². The summed E-state index contributed by atoms with van der Waals surface area (Å²) in [6.45, 7) is 3.26. The van der Waals surface area contributed by atoms with Crippen LogP contribution in [0.2, 0.25) is 5.02 Å². The van der Waals surface area contributed by atoms with Crippen molar-refractivity contribution in [3.8, 4) is 5.75 Å². The molecule has 6 nitrogen and oxygen atoms in total. The van der Waals surface area contributed by atoms with Crippen molar-refractivity contribution in [2.75, 3.05) is 42.9 Å². The van der Waals surface area contributed by atoms with Crippen LogP contribution in [0.3, 0.4) is 0 Å². The summed E-state index contributed by atoms with van der Waals surface area (Å²) in [6.07, 6.45) is 0. The van der Waals surface area contributed by atoms with E-state index in [9.17, 15) is 8.42 Å². The van der Waals surface area contributed by atoms with Gasteiger partial charge in [0.1, 0.15) is 5.75 Å². The minimum atomic E-state index is -3.79. The SMILES string of the molecule is COc1ccc(S(=O)(=O)Nc2ccc(Cl)c3ccccc23)cc1N1CCNCC1.Cl. The van der Waals surface area contributed by atoms with Crippen molar-refractivity contribution in [3.63, 3.8) is 0 Å². The number of piperazine rings is 1. The molecule has 3 aromatic rings. The van der Waals surface area contributed by atoms with Gasteiger partial charge in [-0.2, -0.15) is 0 Å². The molecule has 0 amide bonds. The molecular weight excluding hydrogens is 445 g/mol. The van der Waals surface area contributed by atoms with Crippen molar-refractivity contribution in [1.29, 1.82) is 0 Å². The van der Waals surface area contributed by atoms with E-state index in [-0.39, 0.29) is 17.3 Å². The third-order valence-corrected chi connectivity index (χ3v) is 6.73. The van der Waals surface area contributed by atoms with E-state index < -0.39 is 10.0 Å². The molecule has 1 heterocycles. The molecule has 2 N–H and O–H groups in total. The molecule has 0 radical (unpaired) electrons. The van der Waals surface area contributed by atoms with Gasteiger partial charge < -0.3 is 15.0 Å². The first-order valence-electron chi connectivity index (χ1n) is 9.33. The molecule has 9 heteroatoms. The number of ether oxygens (including phenoxy) is 1. The van der Waals surface area contributed by atoms with Gasteiger partial charge in [-0.1, -0.05) is 35.9 Å². The van der Waals surface area contributed by atoms with Crippen molar-refractivity contribution in [1.82, 2.24) is 5.32 Å². The number of nitrogens with one attached hydrogen (secondary N) is 2. The summed E-state index contributed by atoms with van der Waals surface area (Å²) in [6, 6.07) is 15.7. The topological polar surface area (TPSA) is 70.7 Å². The lowest BCUT2D eigenvalue weighted by atomic mass is 10.1. The lowest BCUT2D eigenvalue weighted by Gasteiger charge is -2.30. The fraction of sp³-hybridized carbons (Fsp3) is 0.238. The van der Waals surface area contributed by atoms with Crippen LogP contribution in [-0.4, -0.2) is 41.7 Å². The zero-order chi connectivity index (χ0) is 20.4. The van der Waals surface area contributed by atoms with Crippen LogP contribution in [-0.2, 0) is 10.0 Å². The van der Waals surface area contributed by atoms with Gasteiger partial charge in [-0.3, -0.25) is 4.72 Å². The molecule has 4 rings (SSSR count). The number of nitrogens with zero attached hydrogens (tertiary/aromatic N) is 1. The summed E-state index contributed by atoms with van der Waals surface area (Å²) in [5, 5.41) is 5.42. The molecule has 160 valence electrons. The molecule has 0 spiro atoms. The fourth-order valence-corrected chi connectivity index (χ4v) is 4.87. The van der Waals surface area contributed by atoms with Gasteiger partial charge in [0, 0.05) is 42.0 Å². The normalized spacial score (nSPS) is 14.3. The molecule has 3 aromatic carbocycles. The monoisotopic (exact) mass is 467 g/mol. The highest BCUT2D eigenvalue weighted by Crippen LogP contribution is 2.34. The first-order valence-corrected chi connectivity index (χ1v) is 11.2. The highest BCUT2D eigenvalue weighted by atomic mass is 35.5. The molecular formula is C21H23Cl2N3O3S.